The Hall–Kier alpha value is -1.25. The molecule has 2 fully saturated rings. The molecule has 3 nitrogen and oxygen atoms in total. The topological polar surface area (TPSA) is 48.0 Å². The summed E-state index contributed by atoms with van der Waals surface area (Å²) in [6, 6.07) is 3.22. The molecule has 2 N–H and O–H groups in total. The van der Waals surface area contributed by atoms with Gasteiger partial charge in [0.15, 0.2) is 0 Å². The van der Waals surface area contributed by atoms with Crippen LogP contribution in [0.5, 0.6) is 0 Å². The molecule has 0 aromatic carbocycles. The maximum absolute atomic E-state index is 11.5. The molecule has 1 unspecified atom stereocenters. The van der Waals surface area contributed by atoms with E-state index in [4.69, 9.17) is 5.73 Å². The van der Waals surface area contributed by atoms with Crippen molar-refractivity contribution < 1.29 is 0 Å². The molecule has 1 aromatic rings. The van der Waals surface area contributed by atoms with Gasteiger partial charge in [-0.05, 0) is 36.7 Å². The van der Waals surface area contributed by atoms with Gasteiger partial charge in [0.2, 0.25) is 0 Å². The second-order valence-electron chi connectivity index (χ2n) is 4.72. The Morgan fingerprint density at radius 3 is 2.93 bits per heavy atom. The van der Waals surface area contributed by atoms with Crippen LogP contribution in [0.4, 0.5) is 5.69 Å². The van der Waals surface area contributed by atoms with E-state index in [1.54, 1.807) is 22.9 Å². The van der Waals surface area contributed by atoms with Gasteiger partial charge in [-0.3, -0.25) is 4.79 Å². The van der Waals surface area contributed by atoms with Crippen LogP contribution in [0, 0.1) is 11.3 Å². The molecular formula is C11H14N2O. The molecule has 0 aliphatic heterocycles. The molecule has 14 heavy (non-hydrogen) atoms. The summed E-state index contributed by atoms with van der Waals surface area (Å²) in [6.07, 6.45) is 5.81. The predicted octanol–water partition coefficient (Wildman–Crippen LogP) is 1.23. The first-order valence-corrected chi connectivity index (χ1v) is 5.16. The number of pyridine rings is 1. The van der Waals surface area contributed by atoms with E-state index < -0.39 is 0 Å². The van der Waals surface area contributed by atoms with Gasteiger partial charge >= 0.3 is 0 Å². The van der Waals surface area contributed by atoms with E-state index in [2.05, 4.69) is 0 Å². The molecule has 0 amide bonds. The second-order valence-corrected chi connectivity index (χ2v) is 4.72. The lowest BCUT2D eigenvalue weighted by atomic mass is 10.3. The van der Waals surface area contributed by atoms with Crippen molar-refractivity contribution in [3.05, 3.63) is 28.7 Å². The highest BCUT2D eigenvalue weighted by molar-refractivity contribution is 5.33. The monoisotopic (exact) mass is 190 g/mol. The smallest absolute Gasteiger partial charge is 0.250 e. The number of nitrogens with two attached hydrogens (primary N) is 1. The lowest BCUT2D eigenvalue weighted by Crippen LogP contribution is -2.20. The Balaban J connectivity index is 1.82. The van der Waals surface area contributed by atoms with Crippen molar-refractivity contribution in [1.29, 1.82) is 0 Å². The highest BCUT2D eigenvalue weighted by atomic mass is 16.1. The Labute approximate surface area is 82.5 Å². The van der Waals surface area contributed by atoms with Gasteiger partial charge in [-0.25, -0.2) is 0 Å². The zero-order valence-corrected chi connectivity index (χ0v) is 8.07. The van der Waals surface area contributed by atoms with Gasteiger partial charge in [-0.1, -0.05) is 0 Å². The van der Waals surface area contributed by atoms with Crippen LogP contribution < -0.4 is 11.3 Å². The van der Waals surface area contributed by atoms with Gasteiger partial charge in [0.1, 0.15) is 0 Å². The number of hydrogen-bond donors (Lipinski definition) is 1. The summed E-state index contributed by atoms with van der Waals surface area (Å²) >= 11 is 0. The number of nitrogens with zero attached hydrogens (tertiary/aromatic N) is 1. The maximum Gasteiger partial charge on any atom is 0.250 e. The lowest BCUT2D eigenvalue weighted by Gasteiger charge is -2.04. The van der Waals surface area contributed by atoms with Crippen LogP contribution >= 0.6 is 0 Å². The molecule has 2 aliphatic rings. The number of anilines is 1. The van der Waals surface area contributed by atoms with Crippen molar-refractivity contribution in [2.45, 2.75) is 25.8 Å². The van der Waals surface area contributed by atoms with Gasteiger partial charge in [-0.15, -0.1) is 0 Å². The highest BCUT2D eigenvalue weighted by Gasteiger charge is 2.62. The SMILES string of the molecule is Nc1ccc(=O)n(CC2CC23CC3)c1. The van der Waals surface area contributed by atoms with Crippen molar-refractivity contribution in [3.8, 4) is 0 Å². The minimum Gasteiger partial charge on any atom is -0.398 e. The molecule has 0 bridgehead atoms. The van der Waals surface area contributed by atoms with Crippen LogP contribution in [0.15, 0.2) is 23.1 Å². The Morgan fingerprint density at radius 1 is 1.50 bits per heavy atom. The molecule has 0 radical (unpaired) electrons. The van der Waals surface area contributed by atoms with Crippen LogP contribution in [-0.2, 0) is 6.54 Å². The van der Waals surface area contributed by atoms with Crippen molar-refractivity contribution in [2.24, 2.45) is 11.3 Å². The zero-order valence-electron chi connectivity index (χ0n) is 8.07. The molecular weight excluding hydrogens is 176 g/mol. The van der Waals surface area contributed by atoms with Gasteiger partial charge < -0.3 is 10.3 Å². The van der Waals surface area contributed by atoms with Crippen molar-refractivity contribution in [2.75, 3.05) is 5.73 Å². The summed E-state index contributed by atoms with van der Waals surface area (Å²) in [4.78, 5) is 11.5. The summed E-state index contributed by atoms with van der Waals surface area (Å²) in [5.74, 6) is 0.738. The summed E-state index contributed by atoms with van der Waals surface area (Å²) in [6.45, 7) is 0.865. The fourth-order valence-electron chi connectivity index (χ4n) is 2.39. The number of nitrogen functional groups attached to an aromatic ring is 1. The maximum atomic E-state index is 11.5. The molecule has 1 spiro atoms. The Morgan fingerprint density at radius 2 is 2.29 bits per heavy atom. The molecule has 74 valence electrons. The quantitative estimate of drug-likeness (QED) is 0.762. The van der Waals surface area contributed by atoms with Crippen molar-refractivity contribution >= 4 is 5.69 Å². The third kappa shape index (κ3) is 1.15. The second kappa shape index (κ2) is 2.41. The van der Waals surface area contributed by atoms with Crippen LogP contribution in [-0.4, -0.2) is 4.57 Å². The van der Waals surface area contributed by atoms with Gasteiger partial charge in [0.05, 0.1) is 0 Å². The molecule has 2 aliphatic carbocycles. The average Bonchev–Trinajstić information content (AvgIpc) is 3.03. The third-order valence-electron chi connectivity index (χ3n) is 3.67. The summed E-state index contributed by atoms with van der Waals surface area (Å²) in [7, 11) is 0. The molecule has 0 saturated heterocycles. The van der Waals surface area contributed by atoms with Gasteiger partial charge in [0, 0.05) is 24.5 Å². The fraction of sp³-hybridized carbons (Fsp3) is 0.545. The van der Waals surface area contributed by atoms with E-state index >= 15 is 0 Å². The van der Waals surface area contributed by atoms with Gasteiger partial charge in [0.25, 0.3) is 5.56 Å². The molecule has 1 atom stereocenters. The van der Waals surface area contributed by atoms with Crippen LogP contribution in [0.1, 0.15) is 19.3 Å². The predicted molar refractivity (Wildman–Crippen MR) is 54.9 cm³/mol. The van der Waals surface area contributed by atoms with Crippen molar-refractivity contribution in [1.82, 2.24) is 4.57 Å². The number of aromatic nitrogens is 1. The van der Waals surface area contributed by atoms with Crippen LogP contribution in [0.25, 0.3) is 0 Å². The van der Waals surface area contributed by atoms with E-state index in [9.17, 15) is 4.79 Å². The molecule has 3 rings (SSSR count). The summed E-state index contributed by atoms with van der Waals surface area (Å²) in [5.41, 5.74) is 7.05. The van der Waals surface area contributed by atoms with E-state index in [1.165, 1.54) is 19.3 Å². The fourth-order valence-corrected chi connectivity index (χ4v) is 2.39. The number of rotatable bonds is 2. The van der Waals surface area contributed by atoms with Crippen LogP contribution in [0.2, 0.25) is 0 Å². The van der Waals surface area contributed by atoms with Gasteiger partial charge in [-0.2, -0.15) is 0 Å². The molecule has 1 aromatic heterocycles. The van der Waals surface area contributed by atoms with E-state index in [-0.39, 0.29) is 5.56 Å². The molecule has 2 saturated carbocycles. The van der Waals surface area contributed by atoms with E-state index in [1.807, 2.05) is 0 Å². The highest BCUT2D eigenvalue weighted by Crippen LogP contribution is 2.70. The minimum atomic E-state index is 0.0712. The Bertz CT molecular complexity index is 431. The standard InChI is InChI=1S/C11H14N2O/c12-9-1-2-10(14)13(7-9)6-8-5-11(8)3-4-11/h1-2,7-8H,3-6,12H2. The third-order valence-corrected chi connectivity index (χ3v) is 3.67. The Kier molecular flexibility index (Phi) is 1.39. The van der Waals surface area contributed by atoms with E-state index in [0.29, 0.717) is 11.1 Å². The molecule has 1 heterocycles. The average molecular weight is 190 g/mol. The summed E-state index contributed by atoms with van der Waals surface area (Å²) in [5, 5.41) is 0. The first-order valence-electron chi connectivity index (χ1n) is 5.16. The summed E-state index contributed by atoms with van der Waals surface area (Å²) < 4.78 is 1.76. The number of hydrogen-bond acceptors (Lipinski definition) is 2. The van der Waals surface area contributed by atoms with Crippen molar-refractivity contribution in [3.63, 3.8) is 0 Å². The lowest BCUT2D eigenvalue weighted by molar-refractivity contribution is 0.560. The first-order chi connectivity index (χ1) is 6.70. The van der Waals surface area contributed by atoms with E-state index in [0.717, 1.165) is 12.5 Å². The van der Waals surface area contributed by atoms with Crippen LogP contribution in [0.3, 0.4) is 0 Å². The normalized spacial score (nSPS) is 26.4. The first kappa shape index (κ1) is 8.09. The minimum absolute atomic E-state index is 0.0712. The largest absolute Gasteiger partial charge is 0.398 e. The molecule has 3 heteroatoms. The zero-order chi connectivity index (χ0) is 9.76.